The van der Waals surface area contributed by atoms with Gasteiger partial charge in [-0.3, -0.25) is 4.79 Å². The third-order valence-electron chi connectivity index (χ3n) is 2.95. The Hall–Kier alpha value is -1.65. The topological polar surface area (TPSA) is 29.1 Å². The Morgan fingerprint density at radius 1 is 1.14 bits per heavy atom. The normalized spacial score (nSPS) is 12.0. The summed E-state index contributed by atoms with van der Waals surface area (Å²) in [5.41, 5.74) is 0.666. The predicted molar refractivity (Wildman–Crippen MR) is 78.7 cm³/mol. The summed E-state index contributed by atoms with van der Waals surface area (Å²) in [6.07, 6.45) is 0. The van der Waals surface area contributed by atoms with Crippen LogP contribution in [0, 0.1) is 11.6 Å². The molecule has 2 rings (SSSR count). The minimum absolute atomic E-state index is 0.121. The second-order valence-electron chi connectivity index (χ2n) is 4.50. The van der Waals surface area contributed by atoms with E-state index in [1.165, 1.54) is 0 Å². The fourth-order valence-corrected chi connectivity index (χ4v) is 2.27. The Labute approximate surface area is 130 Å². The lowest BCUT2D eigenvalue weighted by atomic mass is 10.1. The summed E-state index contributed by atoms with van der Waals surface area (Å²) in [5, 5.41) is 3.05. The lowest BCUT2D eigenvalue weighted by Gasteiger charge is -2.15. The Kier molecular flexibility index (Phi) is 4.80. The number of carbonyl (C=O) groups excluding carboxylic acids is 1. The van der Waals surface area contributed by atoms with Crippen LogP contribution in [0.2, 0.25) is 10.0 Å². The summed E-state index contributed by atoms with van der Waals surface area (Å²) in [6, 6.07) is 8.16. The molecular formula is C15H11Cl2F2NO. The zero-order valence-corrected chi connectivity index (χ0v) is 12.5. The van der Waals surface area contributed by atoms with E-state index in [0.29, 0.717) is 5.02 Å². The summed E-state index contributed by atoms with van der Waals surface area (Å²) in [7, 11) is 0. The molecule has 2 aromatic rings. The number of hydrogen-bond donors (Lipinski definition) is 1. The standard InChI is InChI=1S/C15H11Cl2F2NO/c1-8(9-3-2-4-10(16)5-9)20-15(21)11-6-13(18)14(19)7-12(11)17/h2-8H,1H3,(H,20,21). The van der Waals surface area contributed by atoms with E-state index in [0.717, 1.165) is 17.7 Å². The fraction of sp³-hybridized carbons (Fsp3) is 0.133. The van der Waals surface area contributed by atoms with Crippen molar-refractivity contribution in [2.24, 2.45) is 0 Å². The first-order chi connectivity index (χ1) is 9.88. The molecule has 1 unspecified atom stereocenters. The molecule has 0 aromatic heterocycles. The van der Waals surface area contributed by atoms with Gasteiger partial charge in [0.2, 0.25) is 0 Å². The molecule has 2 aromatic carbocycles. The third-order valence-corrected chi connectivity index (χ3v) is 3.50. The van der Waals surface area contributed by atoms with Gasteiger partial charge in [-0.25, -0.2) is 8.78 Å². The van der Waals surface area contributed by atoms with Crippen molar-refractivity contribution in [1.29, 1.82) is 0 Å². The predicted octanol–water partition coefficient (Wildman–Crippen LogP) is 4.76. The molecule has 0 saturated carbocycles. The summed E-state index contributed by atoms with van der Waals surface area (Å²) in [6.45, 7) is 1.75. The average Bonchev–Trinajstić information content (AvgIpc) is 2.42. The first-order valence-electron chi connectivity index (χ1n) is 6.09. The molecule has 0 fully saturated rings. The van der Waals surface area contributed by atoms with E-state index in [4.69, 9.17) is 23.2 Å². The molecule has 6 heteroatoms. The first kappa shape index (κ1) is 15.7. The zero-order valence-electron chi connectivity index (χ0n) is 11.0. The molecule has 0 bridgehead atoms. The van der Waals surface area contributed by atoms with E-state index >= 15 is 0 Å². The number of benzene rings is 2. The molecule has 0 radical (unpaired) electrons. The first-order valence-corrected chi connectivity index (χ1v) is 6.85. The second-order valence-corrected chi connectivity index (χ2v) is 5.34. The molecule has 0 saturated heterocycles. The van der Waals surface area contributed by atoms with Gasteiger partial charge in [-0.05, 0) is 36.8 Å². The van der Waals surface area contributed by atoms with Crippen LogP contribution in [-0.2, 0) is 0 Å². The van der Waals surface area contributed by atoms with E-state index in [1.807, 2.05) is 0 Å². The van der Waals surface area contributed by atoms with Crippen molar-refractivity contribution in [2.45, 2.75) is 13.0 Å². The molecule has 0 heterocycles. The van der Waals surface area contributed by atoms with Crippen molar-refractivity contribution in [3.05, 3.63) is 69.2 Å². The van der Waals surface area contributed by atoms with Gasteiger partial charge in [0.1, 0.15) is 0 Å². The molecule has 0 aliphatic rings. The van der Waals surface area contributed by atoms with Crippen LogP contribution in [0.3, 0.4) is 0 Å². The zero-order chi connectivity index (χ0) is 15.6. The lowest BCUT2D eigenvalue weighted by Crippen LogP contribution is -2.27. The van der Waals surface area contributed by atoms with Crippen LogP contribution in [0.4, 0.5) is 8.78 Å². The van der Waals surface area contributed by atoms with E-state index in [9.17, 15) is 13.6 Å². The van der Waals surface area contributed by atoms with Crippen LogP contribution in [0.25, 0.3) is 0 Å². The van der Waals surface area contributed by atoms with Crippen molar-refractivity contribution in [3.63, 3.8) is 0 Å². The highest BCUT2D eigenvalue weighted by molar-refractivity contribution is 6.33. The van der Waals surface area contributed by atoms with Crippen molar-refractivity contribution < 1.29 is 13.6 Å². The maximum absolute atomic E-state index is 13.2. The van der Waals surface area contributed by atoms with E-state index in [2.05, 4.69) is 5.32 Å². The van der Waals surface area contributed by atoms with E-state index < -0.39 is 17.5 Å². The van der Waals surface area contributed by atoms with Gasteiger partial charge in [0, 0.05) is 5.02 Å². The van der Waals surface area contributed by atoms with Crippen LogP contribution < -0.4 is 5.32 Å². The monoisotopic (exact) mass is 329 g/mol. The number of nitrogens with one attached hydrogen (secondary N) is 1. The van der Waals surface area contributed by atoms with Crippen LogP contribution in [0.5, 0.6) is 0 Å². The Bertz CT molecular complexity index is 691. The highest BCUT2D eigenvalue weighted by Gasteiger charge is 2.17. The Morgan fingerprint density at radius 3 is 2.48 bits per heavy atom. The maximum Gasteiger partial charge on any atom is 0.253 e. The summed E-state index contributed by atoms with van der Waals surface area (Å²) >= 11 is 11.6. The maximum atomic E-state index is 13.2. The molecule has 110 valence electrons. The van der Waals surface area contributed by atoms with Gasteiger partial charge in [-0.1, -0.05) is 35.3 Å². The smallest absolute Gasteiger partial charge is 0.253 e. The average molecular weight is 330 g/mol. The molecule has 0 aliphatic heterocycles. The fourth-order valence-electron chi connectivity index (χ4n) is 1.83. The molecule has 21 heavy (non-hydrogen) atoms. The number of rotatable bonds is 3. The quantitative estimate of drug-likeness (QED) is 0.808. The summed E-state index contributed by atoms with van der Waals surface area (Å²) in [5.74, 6) is -2.81. The molecule has 1 amide bonds. The largest absolute Gasteiger partial charge is 0.345 e. The van der Waals surface area contributed by atoms with Gasteiger partial charge in [0.15, 0.2) is 11.6 Å². The van der Waals surface area contributed by atoms with Crippen molar-refractivity contribution in [1.82, 2.24) is 5.32 Å². The second kappa shape index (κ2) is 6.41. The van der Waals surface area contributed by atoms with Gasteiger partial charge >= 0.3 is 0 Å². The minimum Gasteiger partial charge on any atom is -0.345 e. The van der Waals surface area contributed by atoms with Gasteiger partial charge in [0.05, 0.1) is 16.6 Å². The molecule has 1 N–H and O–H groups in total. The van der Waals surface area contributed by atoms with Crippen LogP contribution >= 0.6 is 23.2 Å². The van der Waals surface area contributed by atoms with Crippen LogP contribution in [-0.4, -0.2) is 5.91 Å². The third kappa shape index (κ3) is 3.71. The van der Waals surface area contributed by atoms with E-state index in [1.54, 1.807) is 31.2 Å². The van der Waals surface area contributed by atoms with Crippen molar-refractivity contribution in [2.75, 3.05) is 0 Å². The number of amides is 1. The van der Waals surface area contributed by atoms with Gasteiger partial charge in [-0.15, -0.1) is 0 Å². The minimum atomic E-state index is -1.13. The van der Waals surface area contributed by atoms with Crippen LogP contribution in [0.1, 0.15) is 28.9 Å². The number of halogens is 4. The van der Waals surface area contributed by atoms with Crippen molar-refractivity contribution >= 4 is 29.1 Å². The highest BCUT2D eigenvalue weighted by atomic mass is 35.5. The summed E-state index contributed by atoms with van der Waals surface area (Å²) in [4.78, 5) is 12.1. The molecule has 2 nitrogen and oxygen atoms in total. The van der Waals surface area contributed by atoms with Crippen molar-refractivity contribution in [3.8, 4) is 0 Å². The molecule has 0 aliphatic carbocycles. The van der Waals surface area contributed by atoms with Gasteiger partial charge in [0.25, 0.3) is 5.91 Å². The molecular weight excluding hydrogens is 319 g/mol. The molecule has 0 spiro atoms. The van der Waals surface area contributed by atoms with E-state index in [-0.39, 0.29) is 16.6 Å². The lowest BCUT2D eigenvalue weighted by molar-refractivity contribution is 0.0939. The highest BCUT2D eigenvalue weighted by Crippen LogP contribution is 2.22. The van der Waals surface area contributed by atoms with Gasteiger partial charge in [-0.2, -0.15) is 0 Å². The summed E-state index contributed by atoms with van der Waals surface area (Å²) < 4.78 is 26.2. The molecule has 1 atom stereocenters. The number of hydrogen-bond acceptors (Lipinski definition) is 1. The number of carbonyl (C=O) groups is 1. The Balaban J connectivity index is 2.20. The van der Waals surface area contributed by atoms with Crippen LogP contribution in [0.15, 0.2) is 36.4 Å². The SMILES string of the molecule is CC(NC(=O)c1cc(F)c(F)cc1Cl)c1cccc(Cl)c1. The Morgan fingerprint density at radius 2 is 1.81 bits per heavy atom. The van der Waals surface area contributed by atoms with Gasteiger partial charge < -0.3 is 5.32 Å².